The molecule has 0 saturated heterocycles. The smallest absolute Gasteiger partial charge is 0.224 e. The molecule has 112 valence electrons. The van der Waals surface area contributed by atoms with Gasteiger partial charge in [-0.3, -0.25) is 9.48 Å². The molecule has 21 heavy (non-hydrogen) atoms. The Bertz CT molecular complexity index is 526. The van der Waals surface area contributed by atoms with E-state index in [1.165, 1.54) is 6.33 Å². The molecule has 2 rings (SSSR count). The van der Waals surface area contributed by atoms with Gasteiger partial charge in [0.15, 0.2) is 0 Å². The van der Waals surface area contributed by atoms with Crippen molar-refractivity contribution in [3.63, 3.8) is 0 Å². The van der Waals surface area contributed by atoms with Gasteiger partial charge in [-0.1, -0.05) is 30.3 Å². The normalized spacial score (nSPS) is 10.5. The molecule has 1 amide bonds. The first kappa shape index (κ1) is 15.2. The number of hydrogen-bond donors (Lipinski definition) is 1. The summed E-state index contributed by atoms with van der Waals surface area (Å²) < 4.78 is 1.67. The lowest BCUT2D eigenvalue weighted by Gasteiger charge is -2.22. The number of nitrogens with two attached hydrogens (primary N) is 1. The van der Waals surface area contributed by atoms with Crippen molar-refractivity contribution in [2.24, 2.45) is 5.73 Å². The summed E-state index contributed by atoms with van der Waals surface area (Å²) >= 11 is 0. The minimum Gasteiger partial charge on any atom is -0.338 e. The molecule has 6 heteroatoms. The van der Waals surface area contributed by atoms with Crippen molar-refractivity contribution in [2.45, 2.75) is 25.9 Å². The van der Waals surface area contributed by atoms with E-state index >= 15 is 0 Å². The number of nitrogens with zero attached hydrogens (tertiary/aromatic N) is 4. The molecule has 0 aliphatic heterocycles. The lowest BCUT2D eigenvalue weighted by molar-refractivity contribution is -0.132. The van der Waals surface area contributed by atoms with Crippen LogP contribution in [0.1, 0.15) is 18.4 Å². The van der Waals surface area contributed by atoms with Crippen molar-refractivity contribution in [3.05, 3.63) is 48.5 Å². The van der Waals surface area contributed by atoms with Crippen LogP contribution in [0.4, 0.5) is 0 Å². The summed E-state index contributed by atoms with van der Waals surface area (Å²) in [5.74, 6) is 0.114. The Morgan fingerprint density at radius 3 is 2.76 bits per heavy atom. The predicted octanol–water partition coefficient (Wildman–Crippen LogP) is 1.05. The van der Waals surface area contributed by atoms with Crippen molar-refractivity contribution in [1.29, 1.82) is 0 Å². The van der Waals surface area contributed by atoms with Crippen LogP contribution in [0, 0.1) is 0 Å². The van der Waals surface area contributed by atoms with Crippen LogP contribution in [0.15, 0.2) is 43.0 Å². The highest BCUT2D eigenvalue weighted by Crippen LogP contribution is 2.07. The van der Waals surface area contributed by atoms with Crippen LogP contribution in [0.5, 0.6) is 0 Å². The molecule has 6 nitrogen and oxygen atoms in total. The monoisotopic (exact) mass is 287 g/mol. The molecule has 1 aromatic heterocycles. The Morgan fingerprint density at radius 1 is 1.29 bits per heavy atom. The quantitative estimate of drug-likeness (QED) is 0.787. The van der Waals surface area contributed by atoms with E-state index in [-0.39, 0.29) is 5.91 Å². The second kappa shape index (κ2) is 8.16. The highest BCUT2D eigenvalue weighted by molar-refractivity contribution is 5.76. The number of carbonyl (C=O) groups is 1. The number of aromatic nitrogens is 3. The van der Waals surface area contributed by atoms with Gasteiger partial charge in [0.25, 0.3) is 0 Å². The first-order valence-electron chi connectivity index (χ1n) is 7.14. The molecule has 2 N–H and O–H groups in total. The largest absolute Gasteiger partial charge is 0.338 e. The van der Waals surface area contributed by atoms with Crippen LogP contribution in [0.25, 0.3) is 0 Å². The fraction of sp³-hybridized carbons (Fsp3) is 0.400. The highest BCUT2D eigenvalue weighted by atomic mass is 16.2. The van der Waals surface area contributed by atoms with Gasteiger partial charge in [0.1, 0.15) is 12.7 Å². The Morgan fingerprint density at radius 2 is 2.10 bits per heavy atom. The second-order valence-electron chi connectivity index (χ2n) is 4.85. The van der Waals surface area contributed by atoms with Gasteiger partial charge in [-0.15, -0.1) is 0 Å². The van der Waals surface area contributed by atoms with Gasteiger partial charge in [-0.05, 0) is 18.5 Å². The number of rotatable bonds is 8. The van der Waals surface area contributed by atoms with Crippen molar-refractivity contribution in [1.82, 2.24) is 19.7 Å². The SMILES string of the molecule is NCCCN(Cc1ccccc1)C(=O)CCn1cncn1. The van der Waals surface area contributed by atoms with Crippen LogP contribution in [-0.4, -0.2) is 38.7 Å². The molecule has 0 spiro atoms. The summed E-state index contributed by atoms with van der Waals surface area (Å²) in [4.78, 5) is 18.1. The molecule has 1 aromatic carbocycles. The minimum absolute atomic E-state index is 0.114. The molecule has 0 aliphatic rings. The zero-order valence-corrected chi connectivity index (χ0v) is 12.1. The summed E-state index contributed by atoms with van der Waals surface area (Å²) in [6.45, 7) is 2.44. The van der Waals surface area contributed by atoms with Crippen LogP contribution in [0.2, 0.25) is 0 Å². The summed E-state index contributed by atoms with van der Waals surface area (Å²) in [5.41, 5.74) is 6.69. The first-order chi connectivity index (χ1) is 10.3. The highest BCUT2D eigenvalue weighted by Gasteiger charge is 2.13. The van der Waals surface area contributed by atoms with Crippen molar-refractivity contribution in [3.8, 4) is 0 Å². The predicted molar refractivity (Wildman–Crippen MR) is 80.2 cm³/mol. The first-order valence-corrected chi connectivity index (χ1v) is 7.14. The van der Waals surface area contributed by atoms with E-state index in [2.05, 4.69) is 10.1 Å². The van der Waals surface area contributed by atoms with E-state index < -0.39 is 0 Å². The fourth-order valence-electron chi connectivity index (χ4n) is 2.09. The third kappa shape index (κ3) is 5.00. The third-order valence-corrected chi connectivity index (χ3v) is 3.22. The minimum atomic E-state index is 0.114. The average Bonchev–Trinajstić information content (AvgIpc) is 3.03. The summed E-state index contributed by atoms with van der Waals surface area (Å²) in [6, 6.07) is 9.99. The van der Waals surface area contributed by atoms with E-state index in [1.807, 2.05) is 35.2 Å². The number of benzene rings is 1. The van der Waals surface area contributed by atoms with E-state index in [0.717, 1.165) is 12.0 Å². The zero-order valence-electron chi connectivity index (χ0n) is 12.1. The molecule has 0 saturated carbocycles. The molecule has 0 aliphatic carbocycles. The maximum absolute atomic E-state index is 12.4. The summed E-state index contributed by atoms with van der Waals surface area (Å²) in [6.07, 6.45) is 4.32. The Hall–Kier alpha value is -2.21. The van der Waals surface area contributed by atoms with E-state index in [1.54, 1.807) is 11.0 Å². The Balaban J connectivity index is 1.92. The Labute approximate surface area is 124 Å². The average molecular weight is 287 g/mol. The van der Waals surface area contributed by atoms with Crippen LogP contribution in [0.3, 0.4) is 0 Å². The fourth-order valence-corrected chi connectivity index (χ4v) is 2.09. The van der Waals surface area contributed by atoms with Crippen molar-refractivity contribution >= 4 is 5.91 Å². The van der Waals surface area contributed by atoms with E-state index in [9.17, 15) is 4.79 Å². The molecule has 0 bridgehead atoms. The van der Waals surface area contributed by atoms with Gasteiger partial charge in [0.05, 0.1) is 6.54 Å². The van der Waals surface area contributed by atoms with Gasteiger partial charge in [-0.2, -0.15) is 5.10 Å². The van der Waals surface area contributed by atoms with Crippen molar-refractivity contribution < 1.29 is 4.79 Å². The van der Waals surface area contributed by atoms with Gasteiger partial charge >= 0.3 is 0 Å². The van der Waals surface area contributed by atoms with E-state index in [0.29, 0.717) is 32.6 Å². The molecule has 0 radical (unpaired) electrons. The summed E-state index contributed by atoms with van der Waals surface area (Å²) in [7, 11) is 0. The molecular weight excluding hydrogens is 266 g/mol. The number of carbonyl (C=O) groups excluding carboxylic acids is 1. The molecule has 0 fully saturated rings. The van der Waals surface area contributed by atoms with Gasteiger partial charge < -0.3 is 10.6 Å². The summed E-state index contributed by atoms with van der Waals surface area (Å²) in [5, 5.41) is 4.01. The lowest BCUT2D eigenvalue weighted by atomic mass is 10.2. The van der Waals surface area contributed by atoms with Crippen molar-refractivity contribution in [2.75, 3.05) is 13.1 Å². The van der Waals surface area contributed by atoms with Gasteiger partial charge in [-0.25, -0.2) is 4.98 Å². The maximum atomic E-state index is 12.4. The molecule has 0 atom stereocenters. The Kier molecular flexibility index (Phi) is 5.90. The molecule has 2 aromatic rings. The maximum Gasteiger partial charge on any atom is 0.224 e. The van der Waals surface area contributed by atoms with Crippen LogP contribution >= 0.6 is 0 Å². The molecular formula is C15H21N5O. The topological polar surface area (TPSA) is 77.0 Å². The van der Waals surface area contributed by atoms with Crippen LogP contribution < -0.4 is 5.73 Å². The standard InChI is InChI=1S/C15H21N5O/c16-8-4-9-19(11-14-5-2-1-3-6-14)15(21)7-10-20-13-17-12-18-20/h1-3,5-6,12-13H,4,7-11,16H2. The van der Waals surface area contributed by atoms with Gasteiger partial charge in [0, 0.05) is 19.5 Å². The second-order valence-corrected chi connectivity index (χ2v) is 4.85. The van der Waals surface area contributed by atoms with Crippen LogP contribution in [-0.2, 0) is 17.9 Å². The molecule has 0 unspecified atom stereocenters. The molecule has 1 heterocycles. The zero-order chi connectivity index (χ0) is 14.9. The lowest BCUT2D eigenvalue weighted by Crippen LogP contribution is -2.33. The number of hydrogen-bond acceptors (Lipinski definition) is 4. The van der Waals surface area contributed by atoms with E-state index in [4.69, 9.17) is 5.73 Å². The third-order valence-electron chi connectivity index (χ3n) is 3.22. The number of amides is 1. The van der Waals surface area contributed by atoms with Gasteiger partial charge in [0.2, 0.25) is 5.91 Å². The number of aryl methyl sites for hydroxylation is 1.